The summed E-state index contributed by atoms with van der Waals surface area (Å²) in [6.45, 7) is 7.40. The molecule has 0 radical (unpaired) electrons. The smallest absolute Gasteiger partial charge is 0.260 e. The van der Waals surface area contributed by atoms with E-state index in [0.717, 1.165) is 0 Å². The fourth-order valence-corrected chi connectivity index (χ4v) is 2.30. The normalized spacial score (nSPS) is 10.2. The van der Waals surface area contributed by atoms with E-state index in [4.69, 9.17) is 15.3 Å². The van der Waals surface area contributed by atoms with Crippen LogP contribution in [0.25, 0.3) is 0 Å². The van der Waals surface area contributed by atoms with Crippen LogP contribution in [-0.4, -0.2) is 34.6 Å². The highest BCUT2D eigenvalue weighted by molar-refractivity contribution is 5.78. The summed E-state index contributed by atoms with van der Waals surface area (Å²) in [5, 5.41) is 27.6. The zero-order valence-electron chi connectivity index (χ0n) is 13.1. The predicted octanol–water partition coefficient (Wildman–Crippen LogP) is 2.16. The van der Waals surface area contributed by atoms with Crippen molar-refractivity contribution in [3.8, 4) is 23.6 Å². The minimum atomic E-state index is -0.288. The Morgan fingerprint density at radius 3 is 2.18 bits per heavy atom. The van der Waals surface area contributed by atoms with Crippen LogP contribution in [0.2, 0.25) is 0 Å². The van der Waals surface area contributed by atoms with E-state index >= 15 is 0 Å². The molecule has 1 amide bonds. The third-order valence-electron chi connectivity index (χ3n) is 3.12. The highest BCUT2D eigenvalue weighted by Gasteiger charge is 2.21. The lowest BCUT2D eigenvalue weighted by Gasteiger charge is -2.30. The van der Waals surface area contributed by atoms with Gasteiger partial charge in [0.2, 0.25) is 0 Å². The minimum absolute atomic E-state index is 0.0287. The predicted molar refractivity (Wildman–Crippen MR) is 80.1 cm³/mol. The number of carbonyl (C=O) groups is 1. The Balaban J connectivity index is 2.97. The molecule has 0 bridgehead atoms. The van der Waals surface area contributed by atoms with E-state index in [0.29, 0.717) is 0 Å². The third-order valence-corrected chi connectivity index (χ3v) is 3.12. The van der Waals surface area contributed by atoms with Crippen LogP contribution in [0.4, 0.5) is 0 Å². The van der Waals surface area contributed by atoms with Gasteiger partial charge in [0.25, 0.3) is 5.91 Å². The molecule has 0 heterocycles. The van der Waals surface area contributed by atoms with Gasteiger partial charge in [-0.05, 0) is 39.8 Å². The summed E-state index contributed by atoms with van der Waals surface area (Å²) in [6.07, 6.45) is 0. The molecule has 0 aliphatic heterocycles. The molecule has 1 rings (SSSR count). The van der Waals surface area contributed by atoms with Gasteiger partial charge in [-0.15, -0.1) is 0 Å². The van der Waals surface area contributed by atoms with Gasteiger partial charge < -0.3 is 14.7 Å². The summed E-state index contributed by atoms with van der Waals surface area (Å²) in [4.78, 5) is 13.9. The zero-order chi connectivity index (χ0) is 16.9. The molecule has 0 aliphatic carbocycles. The van der Waals surface area contributed by atoms with Gasteiger partial charge in [-0.2, -0.15) is 10.5 Å². The molecule has 6 nitrogen and oxygen atoms in total. The molecule has 0 unspecified atom stereocenters. The number of rotatable bonds is 5. The van der Waals surface area contributed by atoms with Crippen molar-refractivity contribution in [1.82, 2.24) is 4.90 Å². The Kier molecular flexibility index (Phi) is 5.77. The minimum Gasteiger partial charge on any atom is -0.507 e. The lowest BCUT2D eigenvalue weighted by Crippen LogP contribution is -2.44. The van der Waals surface area contributed by atoms with Crippen LogP contribution < -0.4 is 4.74 Å². The first-order valence-electron chi connectivity index (χ1n) is 6.93. The van der Waals surface area contributed by atoms with E-state index in [9.17, 15) is 9.90 Å². The van der Waals surface area contributed by atoms with Gasteiger partial charge in [-0.1, -0.05) is 0 Å². The van der Waals surface area contributed by atoms with Crippen LogP contribution >= 0.6 is 0 Å². The molecule has 0 atom stereocenters. The van der Waals surface area contributed by atoms with Crippen LogP contribution in [0.15, 0.2) is 12.1 Å². The molecule has 0 saturated heterocycles. The summed E-state index contributed by atoms with van der Waals surface area (Å²) >= 11 is 0. The number of phenols is 1. The van der Waals surface area contributed by atoms with E-state index in [-0.39, 0.29) is 47.2 Å². The maximum atomic E-state index is 12.2. The molecule has 116 valence electrons. The first-order chi connectivity index (χ1) is 10.3. The van der Waals surface area contributed by atoms with Crippen molar-refractivity contribution >= 4 is 5.91 Å². The Bertz CT molecular complexity index is 631. The lowest BCUT2D eigenvalue weighted by molar-refractivity contribution is -0.136. The molecular weight excluding hydrogens is 282 g/mol. The standard InChI is InChI=1S/C16H19N3O3/c1-10(2)19(11(3)4)16(21)9-22-15-6-5-14(20)12(7-17)13(15)8-18/h5-6,10-11,20H,9H2,1-4H3. The molecule has 22 heavy (non-hydrogen) atoms. The number of nitrogens with zero attached hydrogens (tertiary/aromatic N) is 3. The molecular formula is C16H19N3O3. The summed E-state index contributed by atoms with van der Waals surface area (Å²) in [6, 6.07) is 6.27. The zero-order valence-corrected chi connectivity index (χ0v) is 13.1. The fraction of sp³-hybridized carbons (Fsp3) is 0.438. The number of ether oxygens (including phenoxy) is 1. The lowest BCUT2D eigenvalue weighted by atomic mass is 10.1. The summed E-state index contributed by atoms with van der Waals surface area (Å²) < 4.78 is 5.39. The molecule has 0 saturated carbocycles. The molecule has 6 heteroatoms. The largest absolute Gasteiger partial charge is 0.507 e. The van der Waals surface area contributed by atoms with Gasteiger partial charge in [0, 0.05) is 12.1 Å². The van der Waals surface area contributed by atoms with E-state index in [1.807, 2.05) is 33.8 Å². The van der Waals surface area contributed by atoms with Crippen LogP contribution in [-0.2, 0) is 4.79 Å². The number of nitriles is 2. The highest BCUT2D eigenvalue weighted by Crippen LogP contribution is 2.28. The number of hydrogen-bond acceptors (Lipinski definition) is 5. The molecule has 0 aliphatic rings. The second-order valence-corrected chi connectivity index (χ2v) is 5.33. The number of aromatic hydroxyl groups is 1. The van der Waals surface area contributed by atoms with Crippen LogP contribution in [0.3, 0.4) is 0 Å². The Morgan fingerprint density at radius 1 is 1.18 bits per heavy atom. The van der Waals surface area contributed by atoms with Gasteiger partial charge in [-0.3, -0.25) is 4.79 Å². The SMILES string of the molecule is CC(C)N(C(=O)COc1ccc(O)c(C#N)c1C#N)C(C)C. The summed E-state index contributed by atoms with van der Waals surface area (Å²) in [7, 11) is 0. The van der Waals surface area contributed by atoms with Crippen molar-refractivity contribution in [3.05, 3.63) is 23.3 Å². The molecule has 1 aromatic rings. The second-order valence-electron chi connectivity index (χ2n) is 5.33. The van der Waals surface area contributed by atoms with E-state index < -0.39 is 0 Å². The Morgan fingerprint density at radius 2 is 1.73 bits per heavy atom. The molecule has 1 N–H and O–H groups in total. The van der Waals surface area contributed by atoms with Gasteiger partial charge in [0.1, 0.15) is 34.8 Å². The number of phenolic OH excluding ortho intramolecular Hbond substituents is 1. The van der Waals surface area contributed by atoms with Crippen molar-refractivity contribution in [3.63, 3.8) is 0 Å². The molecule has 0 aromatic heterocycles. The van der Waals surface area contributed by atoms with E-state index in [1.54, 1.807) is 11.0 Å². The average molecular weight is 301 g/mol. The quantitative estimate of drug-likeness (QED) is 0.898. The first kappa shape index (κ1) is 17.3. The van der Waals surface area contributed by atoms with E-state index in [1.165, 1.54) is 12.1 Å². The molecule has 0 spiro atoms. The van der Waals surface area contributed by atoms with Crippen LogP contribution in [0.1, 0.15) is 38.8 Å². The van der Waals surface area contributed by atoms with Gasteiger partial charge >= 0.3 is 0 Å². The van der Waals surface area contributed by atoms with Crippen molar-refractivity contribution < 1.29 is 14.6 Å². The van der Waals surface area contributed by atoms with Crippen molar-refractivity contribution in [2.75, 3.05) is 6.61 Å². The molecule has 0 fully saturated rings. The Hall–Kier alpha value is -2.73. The van der Waals surface area contributed by atoms with Gasteiger partial charge in [-0.25, -0.2) is 0 Å². The number of amides is 1. The van der Waals surface area contributed by atoms with Crippen molar-refractivity contribution in [2.45, 2.75) is 39.8 Å². The maximum Gasteiger partial charge on any atom is 0.260 e. The average Bonchev–Trinajstić information content (AvgIpc) is 2.44. The summed E-state index contributed by atoms with van der Waals surface area (Å²) in [5.41, 5.74) is -0.229. The first-order valence-corrected chi connectivity index (χ1v) is 6.93. The Labute approximate surface area is 130 Å². The number of hydrogen-bond donors (Lipinski definition) is 1. The number of carbonyl (C=O) groups excluding carboxylic acids is 1. The van der Waals surface area contributed by atoms with Crippen LogP contribution in [0.5, 0.6) is 11.5 Å². The fourth-order valence-electron chi connectivity index (χ4n) is 2.30. The topological polar surface area (TPSA) is 97.3 Å². The van der Waals surface area contributed by atoms with Crippen LogP contribution in [0, 0.1) is 22.7 Å². The third kappa shape index (κ3) is 3.67. The van der Waals surface area contributed by atoms with Crippen molar-refractivity contribution in [2.24, 2.45) is 0 Å². The van der Waals surface area contributed by atoms with E-state index in [2.05, 4.69) is 0 Å². The van der Waals surface area contributed by atoms with Crippen molar-refractivity contribution in [1.29, 1.82) is 10.5 Å². The van der Waals surface area contributed by atoms with Gasteiger partial charge in [0.05, 0.1) is 0 Å². The highest BCUT2D eigenvalue weighted by atomic mass is 16.5. The molecule has 1 aromatic carbocycles. The maximum absolute atomic E-state index is 12.2. The second kappa shape index (κ2) is 7.33. The van der Waals surface area contributed by atoms with Gasteiger partial charge in [0.15, 0.2) is 6.61 Å². The number of benzene rings is 1. The monoisotopic (exact) mass is 301 g/mol. The summed E-state index contributed by atoms with van der Waals surface area (Å²) in [5.74, 6) is -0.387.